The molecule has 2 heterocycles. The molecule has 0 radical (unpaired) electrons. The first kappa shape index (κ1) is 23.8. The maximum absolute atomic E-state index is 13.0. The Hall–Kier alpha value is -2.87. The lowest BCUT2D eigenvalue weighted by molar-refractivity contribution is -0.148. The standard InChI is InChI=1S/C24H30N2O5S/c1-16(2)31-22(27)15-20(17-6-8-19(30-3)9-7-17)25-23(28)18-10-12-26(13-11-18)24(29)21-5-4-14-32-21/h4-9,14,16,18,20H,10-13,15H2,1-3H3,(H,25,28). The molecular formula is C24H30N2O5S. The molecule has 2 amide bonds. The molecule has 0 spiro atoms. The van der Waals surface area contributed by atoms with E-state index in [4.69, 9.17) is 9.47 Å². The van der Waals surface area contributed by atoms with Crippen molar-refractivity contribution in [3.05, 3.63) is 52.2 Å². The number of thiophene rings is 1. The number of hydrogen-bond acceptors (Lipinski definition) is 6. The SMILES string of the molecule is COc1ccc(C(CC(=O)OC(C)C)NC(=O)C2CCN(C(=O)c3cccs3)CC2)cc1. The van der Waals surface area contributed by atoms with Crippen molar-refractivity contribution in [2.75, 3.05) is 20.2 Å². The van der Waals surface area contributed by atoms with E-state index in [1.54, 1.807) is 38.0 Å². The van der Waals surface area contributed by atoms with Crippen LogP contribution in [0, 0.1) is 5.92 Å². The van der Waals surface area contributed by atoms with Gasteiger partial charge in [-0.15, -0.1) is 11.3 Å². The summed E-state index contributed by atoms with van der Waals surface area (Å²) in [7, 11) is 1.59. The summed E-state index contributed by atoms with van der Waals surface area (Å²) in [5, 5.41) is 4.92. The molecule has 7 nitrogen and oxygen atoms in total. The number of piperidine rings is 1. The van der Waals surface area contributed by atoms with Crippen LogP contribution in [0.3, 0.4) is 0 Å². The Morgan fingerprint density at radius 2 is 1.81 bits per heavy atom. The Morgan fingerprint density at radius 3 is 2.38 bits per heavy atom. The van der Waals surface area contributed by atoms with E-state index in [0.717, 1.165) is 10.4 Å². The van der Waals surface area contributed by atoms with Gasteiger partial charge in [0.05, 0.1) is 30.6 Å². The molecule has 172 valence electrons. The van der Waals surface area contributed by atoms with E-state index >= 15 is 0 Å². The molecule has 2 aromatic rings. The molecule has 0 aliphatic carbocycles. The Kier molecular flexibility index (Phi) is 8.27. The number of ether oxygens (including phenoxy) is 2. The number of methoxy groups -OCH3 is 1. The molecule has 1 unspecified atom stereocenters. The minimum atomic E-state index is -0.495. The molecule has 1 fully saturated rings. The predicted molar refractivity (Wildman–Crippen MR) is 123 cm³/mol. The fourth-order valence-electron chi connectivity index (χ4n) is 3.76. The van der Waals surface area contributed by atoms with Crippen LogP contribution in [0.5, 0.6) is 5.75 Å². The van der Waals surface area contributed by atoms with Gasteiger partial charge in [-0.05, 0) is 55.8 Å². The first-order valence-corrected chi connectivity index (χ1v) is 11.7. The summed E-state index contributed by atoms with van der Waals surface area (Å²) in [6.45, 7) is 4.67. The molecule has 0 saturated carbocycles. The number of rotatable bonds is 8. The number of esters is 1. The Bertz CT molecular complexity index is 903. The maximum Gasteiger partial charge on any atom is 0.308 e. The second-order valence-corrected chi connectivity index (χ2v) is 9.07. The van der Waals surface area contributed by atoms with Crippen LogP contribution >= 0.6 is 11.3 Å². The fraction of sp³-hybridized carbons (Fsp3) is 0.458. The number of likely N-dealkylation sites (tertiary alicyclic amines) is 1. The van der Waals surface area contributed by atoms with E-state index in [2.05, 4.69) is 5.32 Å². The van der Waals surface area contributed by atoms with Crippen LogP contribution < -0.4 is 10.1 Å². The fourth-order valence-corrected chi connectivity index (χ4v) is 4.45. The van der Waals surface area contributed by atoms with E-state index in [-0.39, 0.29) is 36.2 Å². The second kappa shape index (κ2) is 11.1. The van der Waals surface area contributed by atoms with Crippen molar-refractivity contribution in [1.82, 2.24) is 10.2 Å². The van der Waals surface area contributed by atoms with Crippen molar-refractivity contribution >= 4 is 29.1 Å². The van der Waals surface area contributed by atoms with Crippen LogP contribution in [0.2, 0.25) is 0 Å². The largest absolute Gasteiger partial charge is 0.497 e. The molecule has 8 heteroatoms. The van der Waals surface area contributed by atoms with Gasteiger partial charge >= 0.3 is 5.97 Å². The number of carbonyl (C=O) groups is 3. The monoisotopic (exact) mass is 458 g/mol. The van der Waals surface area contributed by atoms with Crippen molar-refractivity contribution in [2.24, 2.45) is 5.92 Å². The lowest BCUT2D eigenvalue weighted by atomic mass is 9.94. The summed E-state index contributed by atoms with van der Waals surface area (Å²) < 4.78 is 10.5. The van der Waals surface area contributed by atoms with Crippen molar-refractivity contribution in [3.63, 3.8) is 0 Å². The molecule has 1 atom stereocenters. The average Bonchev–Trinajstić information content (AvgIpc) is 3.33. The summed E-state index contributed by atoms with van der Waals surface area (Å²) in [6.07, 6.45) is 1.01. The summed E-state index contributed by atoms with van der Waals surface area (Å²) in [6, 6.07) is 10.5. The van der Waals surface area contributed by atoms with Gasteiger partial charge in [-0.3, -0.25) is 14.4 Å². The van der Waals surface area contributed by atoms with Crippen LogP contribution in [0.4, 0.5) is 0 Å². The van der Waals surface area contributed by atoms with Crippen molar-refractivity contribution in [3.8, 4) is 5.75 Å². The van der Waals surface area contributed by atoms with Gasteiger partial charge in [-0.25, -0.2) is 0 Å². The minimum absolute atomic E-state index is 0.0198. The van der Waals surface area contributed by atoms with Crippen molar-refractivity contribution < 1.29 is 23.9 Å². The van der Waals surface area contributed by atoms with E-state index in [0.29, 0.717) is 31.7 Å². The third-order valence-electron chi connectivity index (χ3n) is 5.46. The number of carbonyl (C=O) groups excluding carboxylic acids is 3. The number of amides is 2. The van der Waals surface area contributed by atoms with E-state index in [1.807, 2.05) is 29.6 Å². The average molecular weight is 459 g/mol. The Labute approximate surface area is 192 Å². The quantitative estimate of drug-likeness (QED) is 0.608. The molecule has 1 aromatic carbocycles. The zero-order valence-corrected chi connectivity index (χ0v) is 19.5. The van der Waals surface area contributed by atoms with Crippen molar-refractivity contribution in [2.45, 2.75) is 45.3 Å². The lowest BCUT2D eigenvalue weighted by Gasteiger charge is -2.32. The first-order valence-electron chi connectivity index (χ1n) is 10.8. The molecule has 1 aliphatic rings. The van der Waals surface area contributed by atoms with Crippen LogP contribution in [-0.4, -0.2) is 49.0 Å². The Morgan fingerprint density at radius 1 is 1.12 bits per heavy atom. The first-order chi connectivity index (χ1) is 15.4. The summed E-state index contributed by atoms with van der Waals surface area (Å²) in [4.78, 5) is 40.4. The van der Waals surface area contributed by atoms with E-state index < -0.39 is 6.04 Å². The van der Waals surface area contributed by atoms with Crippen LogP contribution in [-0.2, 0) is 14.3 Å². The number of hydrogen-bond donors (Lipinski definition) is 1. The summed E-state index contributed by atoms with van der Waals surface area (Å²) >= 11 is 1.43. The molecule has 1 aliphatic heterocycles. The highest BCUT2D eigenvalue weighted by molar-refractivity contribution is 7.12. The van der Waals surface area contributed by atoms with Gasteiger partial charge in [0, 0.05) is 19.0 Å². The normalized spacial score (nSPS) is 15.3. The molecule has 1 saturated heterocycles. The topological polar surface area (TPSA) is 84.9 Å². The molecule has 1 aromatic heterocycles. The molecule has 1 N–H and O–H groups in total. The number of nitrogens with one attached hydrogen (secondary N) is 1. The van der Waals surface area contributed by atoms with E-state index in [1.165, 1.54) is 11.3 Å². The Balaban J connectivity index is 1.62. The van der Waals surface area contributed by atoms with Gasteiger partial charge in [-0.2, -0.15) is 0 Å². The van der Waals surface area contributed by atoms with Crippen LogP contribution in [0.15, 0.2) is 41.8 Å². The van der Waals surface area contributed by atoms with Gasteiger partial charge in [0.1, 0.15) is 5.75 Å². The van der Waals surface area contributed by atoms with Crippen LogP contribution in [0.1, 0.15) is 54.4 Å². The molecular weight excluding hydrogens is 428 g/mol. The van der Waals surface area contributed by atoms with Crippen molar-refractivity contribution in [1.29, 1.82) is 0 Å². The minimum Gasteiger partial charge on any atom is -0.497 e. The maximum atomic E-state index is 13.0. The smallest absolute Gasteiger partial charge is 0.308 e. The number of nitrogens with zero attached hydrogens (tertiary/aromatic N) is 1. The molecule has 0 bridgehead atoms. The zero-order valence-electron chi connectivity index (χ0n) is 18.7. The highest BCUT2D eigenvalue weighted by Gasteiger charge is 2.30. The highest BCUT2D eigenvalue weighted by Crippen LogP contribution is 2.25. The van der Waals surface area contributed by atoms with Gasteiger partial charge < -0.3 is 19.7 Å². The zero-order chi connectivity index (χ0) is 23.1. The summed E-state index contributed by atoms with van der Waals surface area (Å²) in [5.41, 5.74) is 0.810. The van der Waals surface area contributed by atoms with Crippen LogP contribution in [0.25, 0.3) is 0 Å². The highest BCUT2D eigenvalue weighted by atomic mass is 32.1. The lowest BCUT2D eigenvalue weighted by Crippen LogP contribution is -2.43. The second-order valence-electron chi connectivity index (χ2n) is 8.12. The number of benzene rings is 1. The van der Waals surface area contributed by atoms with E-state index in [9.17, 15) is 14.4 Å². The summed E-state index contributed by atoms with van der Waals surface area (Å²) in [5.74, 6) is 0.0471. The third kappa shape index (κ3) is 6.32. The van der Waals surface area contributed by atoms with Gasteiger partial charge in [-0.1, -0.05) is 18.2 Å². The third-order valence-corrected chi connectivity index (χ3v) is 6.32. The van der Waals surface area contributed by atoms with Gasteiger partial charge in [0.15, 0.2) is 0 Å². The molecule has 3 rings (SSSR count). The molecule has 32 heavy (non-hydrogen) atoms. The van der Waals surface area contributed by atoms with Gasteiger partial charge in [0.2, 0.25) is 5.91 Å². The predicted octanol–water partition coefficient (Wildman–Crippen LogP) is 3.81. The van der Waals surface area contributed by atoms with Gasteiger partial charge in [0.25, 0.3) is 5.91 Å².